The van der Waals surface area contributed by atoms with Crippen LogP contribution in [-0.2, 0) is 4.74 Å². The van der Waals surface area contributed by atoms with Crippen LogP contribution in [0.3, 0.4) is 0 Å². The number of hydrogen-bond acceptors (Lipinski definition) is 10. The summed E-state index contributed by atoms with van der Waals surface area (Å²) in [6, 6.07) is 0. The van der Waals surface area contributed by atoms with Gasteiger partial charge in [0.25, 0.3) is 5.95 Å². The van der Waals surface area contributed by atoms with Gasteiger partial charge in [0, 0.05) is 0 Å². The Morgan fingerprint density at radius 1 is 1.17 bits per heavy atom. The minimum absolute atomic E-state index is 0.103. The molecule has 0 amide bonds. The van der Waals surface area contributed by atoms with Crippen molar-refractivity contribution >= 4 is 22.9 Å². The van der Waals surface area contributed by atoms with E-state index in [2.05, 4.69) is 25.2 Å². The van der Waals surface area contributed by atoms with E-state index in [1.165, 1.54) is 49.4 Å². The van der Waals surface area contributed by atoms with Crippen molar-refractivity contribution in [3.05, 3.63) is 6.33 Å². The smallest absolute Gasteiger partial charge is 0.272 e. The summed E-state index contributed by atoms with van der Waals surface area (Å²) < 4.78 is 7.01. The number of anilines is 1. The molecule has 2 aromatic rings. The number of imidazole rings is 1. The highest BCUT2D eigenvalue weighted by Crippen LogP contribution is 2.32. The summed E-state index contributed by atoms with van der Waals surface area (Å²) in [6.45, 7) is 0.185. The van der Waals surface area contributed by atoms with Crippen LogP contribution in [0.4, 0.5) is 11.8 Å². The number of aliphatic hydroxyl groups is 3. The van der Waals surface area contributed by atoms with Crippen LogP contribution in [0, 0.1) is 5.92 Å². The number of aromatic nitrogens is 4. The molecule has 11 heteroatoms. The fourth-order valence-corrected chi connectivity index (χ4v) is 4.31. The Labute approximate surface area is 174 Å². The molecule has 0 spiro atoms. The van der Waals surface area contributed by atoms with Crippen molar-refractivity contribution in [1.29, 1.82) is 0 Å². The van der Waals surface area contributed by atoms with E-state index in [0.29, 0.717) is 17.7 Å². The van der Waals surface area contributed by atoms with Gasteiger partial charge in [-0.15, -0.1) is 5.11 Å². The first kappa shape index (κ1) is 21.0. The molecular weight excluding hydrogens is 390 g/mol. The van der Waals surface area contributed by atoms with Gasteiger partial charge in [0.15, 0.2) is 17.7 Å². The summed E-state index contributed by atoms with van der Waals surface area (Å²) in [5.41, 5.74) is 6.64. The third-order valence-electron chi connectivity index (χ3n) is 5.98. The Kier molecular flexibility index (Phi) is 6.52. The first-order valence-corrected chi connectivity index (χ1v) is 10.6. The van der Waals surface area contributed by atoms with Gasteiger partial charge in [-0.1, -0.05) is 32.1 Å². The van der Waals surface area contributed by atoms with Crippen molar-refractivity contribution in [3.63, 3.8) is 0 Å². The van der Waals surface area contributed by atoms with Gasteiger partial charge in [0.1, 0.15) is 23.8 Å². The van der Waals surface area contributed by atoms with E-state index < -0.39 is 31.1 Å². The lowest BCUT2D eigenvalue weighted by molar-refractivity contribution is -0.0511. The third kappa shape index (κ3) is 4.29. The summed E-state index contributed by atoms with van der Waals surface area (Å²) in [5, 5.41) is 37.9. The van der Waals surface area contributed by atoms with Gasteiger partial charge in [-0.3, -0.25) is 4.57 Å². The average Bonchev–Trinajstić information content (AvgIpc) is 3.30. The van der Waals surface area contributed by atoms with Crippen molar-refractivity contribution < 1.29 is 20.1 Å². The molecule has 11 nitrogen and oxygen atoms in total. The first-order valence-electron chi connectivity index (χ1n) is 10.6. The molecule has 2 aliphatic rings. The van der Waals surface area contributed by atoms with Gasteiger partial charge in [-0.25, -0.2) is 4.98 Å². The van der Waals surface area contributed by atoms with Crippen molar-refractivity contribution in [2.75, 3.05) is 18.9 Å². The summed E-state index contributed by atoms with van der Waals surface area (Å²) >= 11 is 0. The number of nitrogens with zero attached hydrogens (tertiary/aromatic N) is 6. The largest absolute Gasteiger partial charge is 0.394 e. The SMILES string of the molecule is Nc1nc(N=NCCCC2CCCCC2)nc2c1ncn2C1O[C@H](CO)[C@@H](O)[C@H]1O. The van der Waals surface area contributed by atoms with E-state index in [-0.39, 0.29) is 11.8 Å². The predicted molar refractivity (Wildman–Crippen MR) is 108 cm³/mol. The van der Waals surface area contributed by atoms with Gasteiger partial charge >= 0.3 is 0 Å². The highest BCUT2D eigenvalue weighted by Gasteiger charge is 2.44. The minimum atomic E-state index is -1.25. The Hall–Kier alpha value is -2.21. The zero-order valence-corrected chi connectivity index (χ0v) is 16.8. The normalized spacial score (nSPS) is 28.1. The molecule has 0 bridgehead atoms. The maximum absolute atomic E-state index is 10.3. The van der Waals surface area contributed by atoms with Gasteiger partial charge in [0.2, 0.25) is 0 Å². The lowest BCUT2D eigenvalue weighted by Crippen LogP contribution is -2.33. The average molecular weight is 419 g/mol. The molecule has 5 N–H and O–H groups in total. The van der Waals surface area contributed by atoms with Crippen LogP contribution in [0.2, 0.25) is 0 Å². The number of rotatable bonds is 7. The molecule has 164 valence electrons. The van der Waals surface area contributed by atoms with E-state index >= 15 is 0 Å². The van der Waals surface area contributed by atoms with Crippen LogP contribution in [0.1, 0.15) is 51.2 Å². The molecule has 0 radical (unpaired) electrons. The fraction of sp³-hybridized carbons (Fsp3) is 0.737. The molecule has 3 heterocycles. The van der Waals surface area contributed by atoms with E-state index in [1.807, 2.05) is 0 Å². The van der Waals surface area contributed by atoms with E-state index in [9.17, 15) is 15.3 Å². The number of ether oxygens (including phenoxy) is 1. The van der Waals surface area contributed by atoms with Crippen molar-refractivity contribution in [2.24, 2.45) is 16.1 Å². The summed E-state index contributed by atoms with van der Waals surface area (Å²) in [5.74, 6) is 1.05. The maximum atomic E-state index is 10.3. The highest BCUT2D eigenvalue weighted by molar-refractivity contribution is 5.82. The number of aliphatic hydroxyl groups excluding tert-OH is 3. The van der Waals surface area contributed by atoms with Crippen LogP contribution >= 0.6 is 0 Å². The zero-order valence-electron chi connectivity index (χ0n) is 16.8. The van der Waals surface area contributed by atoms with Gasteiger partial charge in [-0.2, -0.15) is 15.1 Å². The van der Waals surface area contributed by atoms with Crippen LogP contribution in [0.5, 0.6) is 0 Å². The van der Waals surface area contributed by atoms with Crippen LogP contribution in [0.15, 0.2) is 16.6 Å². The Bertz CT molecular complexity index is 883. The lowest BCUT2D eigenvalue weighted by Gasteiger charge is -2.20. The summed E-state index contributed by atoms with van der Waals surface area (Å²) in [4.78, 5) is 12.7. The number of nitrogen functional groups attached to an aromatic ring is 1. The molecule has 4 rings (SSSR count). The summed E-state index contributed by atoms with van der Waals surface area (Å²) in [7, 11) is 0. The molecular formula is C19H29N7O4. The summed E-state index contributed by atoms with van der Waals surface area (Å²) in [6.07, 6.45) is 5.88. The van der Waals surface area contributed by atoms with Crippen molar-refractivity contribution in [3.8, 4) is 0 Å². The van der Waals surface area contributed by atoms with E-state index in [4.69, 9.17) is 10.5 Å². The van der Waals surface area contributed by atoms with Crippen LogP contribution in [0.25, 0.3) is 11.2 Å². The Morgan fingerprint density at radius 3 is 2.70 bits per heavy atom. The number of hydrogen-bond donors (Lipinski definition) is 4. The first-order chi connectivity index (χ1) is 14.6. The van der Waals surface area contributed by atoms with Gasteiger partial charge in [0.05, 0.1) is 19.5 Å². The molecule has 0 aromatic carbocycles. The third-order valence-corrected chi connectivity index (χ3v) is 5.98. The number of azo groups is 1. The molecule has 1 unspecified atom stereocenters. The minimum Gasteiger partial charge on any atom is -0.394 e. The van der Waals surface area contributed by atoms with E-state index in [1.54, 1.807) is 0 Å². The lowest BCUT2D eigenvalue weighted by atomic mass is 9.86. The maximum Gasteiger partial charge on any atom is 0.272 e. The standard InChI is InChI=1S/C19H29N7O4/c20-16-13-17(26(10-21-13)18-15(29)14(28)12(9-27)30-18)24-19(23-16)25-22-8-4-7-11-5-2-1-3-6-11/h10-12,14-15,18,27-29H,1-9H2,(H2,20,23,24)/t12-,14-,15-,18?/m1/s1. The second-order valence-electron chi connectivity index (χ2n) is 8.07. The van der Waals surface area contributed by atoms with Gasteiger partial charge < -0.3 is 25.8 Å². The molecule has 1 aliphatic carbocycles. The quantitative estimate of drug-likeness (QED) is 0.387. The highest BCUT2D eigenvalue weighted by atomic mass is 16.6. The van der Waals surface area contributed by atoms with Gasteiger partial charge in [-0.05, 0) is 18.8 Å². The molecule has 2 aromatic heterocycles. The Balaban J connectivity index is 1.45. The van der Waals surface area contributed by atoms with Crippen LogP contribution < -0.4 is 5.73 Å². The molecule has 4 atom stereocenters. The van der Waals surface area contributed by atoms with Crippen molar-refractivity contribution in [1.82, 2.24) is 19.5 Å². The zero-order chi connectivity index (χ0) is 21.1. The second-order valence-corrected chi connectivity index (χ2v) is 8.07. The second kappa shape index (κ2) is 9.29. The Morgan fingerprint density at radius 2 is 1.97 bits per heavy atom. The molecule has 1 aliphatic heterocycles. The molecule has 1 saturated carbocycles. The number of nitrogens with two attached hydrogens (primary N) is 1. The molecule has 2 fully saturated rings. The van der Waals surface area contributed by atoms with Crippen molar-refractivity contribution in [2.45, 2.75) is 69.5 Å². The number of fused-ring (bicyclic) bond motifs is 1. The van der Waals surface area contributed by atoms with E-state index in [0.717, 1.165) is 12.3 Å². The molecule has 30 heavy (non-hydrogen) atoms. The monoisotopic (exact) mass is 419 g/mol. The predicted octanol–water partition coefficient (Wildman–Crippen LogP) is 1.46. The topological polar surface area (TPSA) is 164 Å². The molecule has 1 saturated heterocycles. The fourth-order valence-electron chi connectivity index (χ4n) is 4.31. The van der Waals surface area contributed by atoms with Crippen LogP contribution in [-0.4, -0.2) is 66.3 Å².